The second-order valence-corrected chi connectivity index (χ2v) is 6.02. The van der Waals surface area contributed by atoms with E-state index in [0.717, 1.165) is 41.5 Å². The first-order valence-corrected chi connectivity index (χ1v) is 7.54. The van der Waals surface area contributed by atoms with Gasteiger partial charge in [-0.1, -0.05) is 11.6 Å². The van der Waals surface area contributed by atoms with Gasteiger partial charge in [0.15, 0.2) is 6.79 Å². The molecule has 0 amide bonds. The largest absolute Gasteiger partial charge is 0.467 e. The molecule has 2 heterocycles. The quantitative estimate of drug-likeness (QED) is 0.929. The van der Waals surface area contributed by atoms with Crippen LogP contribution in [0.3, 0.4) is 0 Å². The molecule has 4 nitrogen and oxygen atoms in total. The Morgan fingerprint density at radius 2 is 2.35 bits per heavy atom. The van der Waals surface area contributed by atoms with Gasteiger partial charge in [0.2, 0.25) is 0 Å². The minimum absolute atomic E-state index is 0.330. The maximum Gasteiger partial charge on any atom is 0.189 e. The zero-order valence-electron chi connectivity index (χ0n) is 11.8. The summed E-state index contributed by atoms with van der Waals surface area (Å²) in [6.07, 6.45) is 2.49. The highest BCUT2D eigenvalue weighted by Gasteiger charge is 2.21. The van der Waals surface area contributed by atoms with E-state index in [2.05, 4.69) is 17.3 Å². The first-order chi connectivity index (χ1) is 9.74. The van der Waals surface area contributed by atoms with Crippen LogP contribution in [0.2, 0.25) is 5.02 Å². The van der Waals surface area contributed by atoms with Crippen molar-refractivity contribution in [1.82, 2.24) is 10.2 Å². The lowest BCUT2D eigenvalue weighted by molar-refractivity contribution is -0.0175. The average Bonchev–Trinajstić information content (AvgIpc) is 2.48. The van der Waals surface area contributed by atoms with Crippen LogP contribution in [-0.4, -0.2) is 37.9 Å². The van der Waals surface area contributed by atoms with Crippen molar-refractivity contribution in [2.45, 2.75) is 32.0 Å². The molecule has 5 heteroatoms. The number of hydrogen-bond acceptors (Lipinski definition) is 4. The number of piperidine rings is 1. The Morgan fingerprint density at radius 3 is 3.15 bits per heavy atom. The van der Waals surface area contributed by atoms with E-state index in [9.17, 15) is 0 Å². The normalized spacial score (nSPS) is 22.4. The van der Waals surface area contributed by atoms with E-state index in [1.54, 1.807) is 0 Å². The van der Waals surface area contributed by atoms with Crippen molar-refractivity contribution in [3.05, 3.63) is 28.3 Å². The van der Waals surface area contributed by atoms with E-state index in [-0.39, 0.29) is 0 Å². The maximum atomic E-state index is 6.21. The van der Waals surface area contributed by atoms with Gasteiger partial charge in [-0.25, -0.2) is 0 Å². The molecule has 1 saturated heterocycles. The van der Waals surface area contributed by atoms with Gasteiger partial charge in [0.1, 0.15) is 5.75 Å². The summed E-state index contributed by atoms with van der Waals surface area (Å²) >= 11 is 6.21. The predicted octanol–water partition coefficient (Wildman–Crippen LogP) is 2.39. The van der Waals surface area contributed by atoms with Gasteiger partial charge >= 0.3 is 0 Å². The van der Waals surface area contributed by atoms with Crippen LogP contribution in [0.25, 0.3) is 0 Å². The van der Waals surface area contributed by atoms with Gasteiger partial charge < -0.3 is 14.8 Å². The van der Waals surface area contributed by atoms with Gasteiger partial charge in [0, 0.05) is 35.3 Å². The number of nitrogens with zero attached hydrogens (tertiary/aromatic N) is 1. The summed E-state index contributed by atoms with van der Waals surface area (Å²) in [4.78, 5) is 2.39. The molecular formula is C15H21ClN2O2. The topological polar surface area (TPSA) is 33.7 Å². The van der Waals surface area contributed by atoms with Crippen molar-refractivity contribution in [1.29, 1.82) is 0 Å². The molecule has 0 spiro atoms. The summed E-state index contributed by atoms with van der Waals surface area (Å²) in [5.41, 5.74) is 2.21. The summed E-state index contributed by atoms with van der Waals surface area (Å²) in [6.45, 7) is 3.96. The molecule has 0 aliphatic carbocycles. The van der Waals surface area contributed by atoms with Crippen LogP contribution in [0.4, 0.5) is 0 Å². The number of rotatable bonds is 3. The molecule has 2 aliphatic heterocycles. The Morgan fingerprint density at radius 1 is 1.45 bits per heavy atom. The van der Waals surface area contributed by atoms with E-state index < -0.39 is 0 Å². The Labute approximate surface area is 125 Å². The van der Waals surface area contributed by atoms with Gasteiger partial charge in [-0.3, -0.25) is 4.90 Å². The lowest BCUT2D eigenvalue weighted by Gasteiger charge is -2.32. The van der Waals surface area contributed by atoms with Crippen LogP contribution < -0.4 is 10.1 Å². The molecule has 1 aromatic carbocycles. The molecule has 1 fully saturated rings. The second-order valence-electron chi connectivity index (χ2n) is 5.58. The minimum Gasteiger partial charge on any atom is -0.467 e. The molecule has 1 unspecified atom stereocenters. The van der Waals surface area contributed by atoms with E-state index in [1.807, 2.05) is 12.1 Å². The highest BCUT2D eigenvalue weighted by molar-refractivity contribution is 6.30. The summed E-state index contributed by atoms with van der Waals surface area (Å²) < 4.78 is 11.0. The van der Waals surface area contributed by atoms with Crippen molar-refractivity contribution in [3.63, 3.8) is 0 Å². The number of ether oxygens (including phenoxy) is 2. The smallest absolute Gasteiger partial charge is 0.189 e. The Bertz CT molecular complexity index is 475. The zero-order chi connectivity index (χ0) is 13.9. The summed E-state index contributed by atoms with van der Waals surface area (Å²) in [5.74, 6) is 0.955. The van der Waals surface area contributed by atoms with E-state index in [0.29, 0.717) is 19.4 Å². The van der Waals surface area contributed by atoms with Gasteiger partial charge in [0.25, 0.3) is 0 Å². The number of fused-ring (bicyclic) bond motifs is 1. The van der Waals surface area contributed by atoms with Gasteiger partial charge in [0.05, 0.1) is 6.61 Å². The summed E-state index contributed by atoms with van der Waals surface area (Å²) in [7, 11) is 2.17. The fourth-order valence-electron chi connectivity index (χ4n) is 2.98. The highest BCUT2D eigenvalue weighted by Crippen LogP contribution is 2.32. The number of halogens is 1. The molecule has 1 atom stereocenters. The van der Waals surface area contributed by atoms with Crippen molar-refractivity contribution in [3.8, 4) is 5.75 Å². The van der Waals surface area contributed by atoms with Crippen molar-refractivity contribution in [2.24, 2.45) is 0 Å². The second kappa shape index (κ2) is 6.31. The van der Waals surface area contributed by atoms with Crippen LogP contribution in [0.1, 0.15) is 24.0 Å². The summed E-state index contributed by atoms with van der Waals surface area (Å²) in [5, 5.41) is 4.21. The third-order valence-electron chi connectivity index (χ3n) is 4.07. The van der Waals surface area contributed by atoms with Gasteiger partial charge in [-0.15, -0.1) is 0 Å². The predicted molar refractivity (Wildman–Crippen MR) is 79.1 cm³/mol. The highest BCUT2D eigenvalue weighted by atomic mass is 35.5. The number of benzene rings is 1. The Hall–Kier alpha value is -0.810. The zero-order valence-corrected chi connectivity index (χ0v) is 12.6. The lowest BCUT2D eigenvalue weighted by Crippen LogP contribution is -2.43. The Kier molecular flexibility index (Phi) is 4.46. The SMILES string of the molecule is CN(Cc1cc(Cl)cc2c1OCOC2)C1CCCNC1. The van der Waals surface area contributed by atoms with Gasteiger partial charge in [-0.2, -0.15) is 0 Å². The molecule has 1 aromatic rings. The van der Waals surface area contributed by atoms with Crippen molar-refractivity contribution < 1.29 is 9.47 Å². The first-order valence-electron chi connectivity index (χ1n) is 7.17. The fourth-order valence-corrected chi connectivity index (χ4v) is 3.25. The third kappa shape index (κ3) is 3.09. The number of likely N-dealkylation sites (N-methyl/N-ethyl adjacent to an activating group) is 1. The molecule has 2 aliphatic rings. The molecule has 1 N–H and O–H groups in total. The van der Waals surface area contributed by atoms with Crippen LogP contribution in [-0.2, 0) is 17.9 Å². The molecule has 0 aromatic heterocycles. The number of hydrogen-bond donors (Lipinski definition) is 1. The Balaban J connectivity index is 1.77. The molecule has 3 rings (SSSR count). The lowest BCUT2D eigenvalue weighted by atomic mass is 10.0. The first kappa shape index (κ1) is 14.1. The van der Waals surface area contributed by atoms with Crippen molar-refractivity contribution in [2.75, 3.05) is 26.9 Å². The maximum absolute atomic E-state index is 6.21. The standard InChI is InChI=1S/C15H21ClN2O2/c1-18(14-3-2-4-17-7-14)8-11-5-13(16)6-12-9-19-10-20-15(11)12/h5-6,14,17H,2-4,7-10H2,1H3. The monoisotopic (exact) mass is 296 g/mol. The van der Waals surface area contributed by atoms with Gasteiger partial charge in [-0.05, 0) is 38.6 Å². The van der Waals surface area contributed by atoms with E-state index in [4.69, 9.17) is 21.1 Å². The minimum atomic E-state index is 0.330. The fraction of sp³-hybridized carbons (Fsp3) is 0.600. The van der Waals surface area contributed by atoms with E-state index >= 15 is 0 Å². The molecule has 0 saturated carbocycles. The number of nitrogens with one attached hydrogen (secondary N) is 1. The summed E-state index contributed by atoms with van der Waals surface area (Å²) in [6, 6.07) is 4.53. The molecular weight excluding hydrogens is 276 g/mol. The average molecular weight is 297 g/mol. The van der Waals surface area contributed by atoms with Crippen LogP contribution in [0.15, 0.2) is 12.1 Å². The van der Waals surface area contributed by atoms with Crippen LogP contribution >= 0.6 is 11.6 Å². The van der Waals surface area contributed by atoms with Crippen LogP contribution in [0, 0.1) is 0 Å². The molecule has 0 bridgehead atoms. The third-order valence-corrected chi connectivity index (χ3v) is 4.28. The molecule has 0 radical (unpaired) electrons. The molecule has 110 valence electrons. The van der Waals surface area contributed by atoms with Crippen molar-refractivity contribution >= 4 is 11.6 Å². The molecule has 20 heavy (non-hydrogen) atoms. The van der Waals surface area contributed by atoms with Crippen LogP contribution in [0.5, 0.6) is 5.75 Å². The van der Waals surface area contributed by atoms with E-state index in [1.165, 1.54) is 12.8 Å².